The van der Waals surface area contributed by atoms with Crippen LogP contribution in [0.3, 0.4) is 0 Å². The molecule has 0 aliphatic carbocycles. The van der Waals surface area contributed by atoms with Crippen molar-refractivity contribution in [2.24, 2.45) is 0 Å². The van der Waals surface area contributed by atoms with Crippen molar-refractivity contribution in [2.75, 3.05) is 0 Å². The number of aromatic nitrogens is 1. The SMILES string of the molecule is CCCCn1c(C)cc(C)c(CNC(C)C)c1=O. The first-order valence-corrected chi connectivity index (χ1v) is 6.90. The van der Waals surface area contributed by atoms with Gasteiger partial charge in [-0.05, 0) is 31.9 Å². The summed E-state index contributed by atoms with van der Waals surface area (Å²) in [4.78, 5) is 12.5. The maximum absolute atomic E-state index is 12.5. The van der Waals surface area contributed by atoms with Crippen molar-refractivity contribution in [2.45, 2.75) is 66.6 Å². The van der Waals surface area contributed by atoms with Gasteiger partial charge < -0.3 is 9.88 Å². The molecule has 0 unspecified atom stereocenters. The van der Waals surface area contributed by atoms with E-state index in [1.54, 1.807) is 0 Å². The van der Waals surface area contributed by atoms with Crippen LogP contribution in [0.15, 0.2) is 10.9 Å². The van der Waals surface area contributed by atoms with Gasteiger partial charge in [-0.25, -0.2) is 0 Å². The van der Waals surface area contributed by atoms with Gasteiger partial charge in [-0.3, -0.25) is 4.79 Å². The maximum atomic E-state index is 12.5. The van der Waals surface area contributed by atoms with Gasteiger partial charge in [-0.15, -0.1) is 0 Å². The second kappa shape index (κ2) is 6.74. The molecule has 0 saturated heterocycles. The Morgan fingerprint density at radius 2 is 2.00 bits per heavy atom. The molecular formula is C15H26N2O. The second-order valence-corrected chi connectivity index (χ2v) is 5.29. The normalized spacial score (nSPS) is 11.2. The zero-order valence-corrected chi connectivity index (χ0v) is 12.3. The van der Waals surface area contributed by atoms with Crippen LogP contribution in [-0.2, 0) is 13.1 Å². The zero-order valence-electron chi connectivity index (χ0n) is 12.3. The van der Waals surface area contributed by atoms with Crippen LogP contribution in [0.5, 0.6) is 0 Å². The van der Waals surface area contributed by atoms with Gasteiger partial charge >= 0.3 is 0 Å². The van der Waals surface area contributed by atoms with E-state index in [9.17, 15) is 4.79 Å². The molecule has 1 aromatic heterocycles. The summed E-state index contributed by atoms with van der Waals surface area (Å²) in [6.07, 6.45) is 2.17. The van der Waals surface area contributed by atoms with Crippen LogP contribution < -0.4 is 10.9 Å². The van der Waals surface area contributed by atoms with E-state index in [1.165, 1.54) is 0 Å². The fourth-order valence-electron chi connectivity index (χ4n) is 2.09. The molecule has 0 amide bonds. The summed E-state index contributed by atoms with van der Waals surface area (Å²) in [5.74, 6) is 0. The van der Waals surface area contributed by atoms with Gasteiger partial charge in [0.25, 0.3) is 5.56 Å². The molecule has 102 valence electrons. The summed E-state index contributed by atoms with van der Waals surface area (Å²) in [7, 11) is 0. The fourth-order valence-corrected chi connectivity index (χ4v) is 2.09. The monoisotopic (exact) mass is 250 g/mol. The summed E-state index contributed by atoms with van der Waals surface area (Å²) in [5, 5.41) is 3.33. The first-order chi connectivity index (χ1) is 8.47. The molecule has 0 aromatic carbocycles. The molecule has 3 heteroatoms. The third kappa shape index (κ3) is 3.70. The lowest BCUT2D eigenvalue weighted by atomic mass is 10.1. The highest BCUT2D eigenvalue weighted by Gasteiger charge is 2.10. The van der Waals surface area contributed by atoms with Crippen LogP contribution in [-0.4, -0.2) is 10.6 Å². The number of hydrogen-bond acceptors (Lipinski definition) is 2. The fraction of sp³-hybridized carbons (Fsp3) is 0.667. The minimum Gasteiger partial charge on any atom is -0.313 e. The summed E-state index contributed by atoms with van der Waals surface area (Å²) < 4.78 is 1.91. The minimum atomic E-state index is 0.175. The van der Waals surface area contributed by atoms with E-state index in [2.05, 4.69) is 32.2 Å². The number of hydrogen-bond donors (Lipinski definition) is 1. The number of nitrogens with zero attached hydrogens (tertiary/aromatic N) is 1. The lowest BCUT2D eigenvalue weighted by Crippen LogP contribution is -2.32. The summed E-state index contributed by atoms with van der Waals surface area (Å²) in [6.45, 7) is 11.9. The molecule has 0 fully saturated rings. The van der Waals surface area contributed by atoms with Crippen LogP contribution in [0.4, 0.5) is 0 Å². The van der Waals surface area contributed by atoms with E-state index in [0.717, 1.165) is 36.2 Å². The third-order valence-electron chi connectivity index (χ3n) is 3.25. The average molecular weight is 250 g/mol. The highest BCUT2D eigenvalue weighted by Crippen LogP contribution is 2.07. The molecule has 1 aromatic rings. The van der Waals surface area contributed by atoms with Crippen molar-refractivity contribution in [1.29, 1.82) is 0 Å². The minimum absolute atomic E-state index is 0.175. The lowest BCUT2D eigenvalue weighted by Gasteiger charge is -2.15. The molecule has 1 rings (SSSR count). The Morgan fingerprint density at radius 3 is 2.56 bits per heavy atom. The van der Waals surface area contributed by atoms with E-state index in [-0.39, 0.29) is 5.56 Å². The predicted octanol–water partition coefficient (Wildman–Crippen LogP) is 2.76. The van der Waals surface area contributed by atoms with Gasteiger partial charge in [0.15, 0.2) is 0 Å². The number of nitrogens with one attached hydrogen (secondary N) is 1. The first kappa shape index (κ1) is 15.0. The Kier molecular flexibility index (Phi) is 5.60. The Balaban J connectivity index is 3.06. The van der Waals surface area contributed by atoms with Crippen LogP contribution in [0.2, 0.25) is 0 Å². The first-order valence-electron chi connectivity index (χ1n) is 6.90. The quantitative estimate of drug-likeness (QED) is 0.842. The van der Waals surface area contributed by atoms with E-state index in [4.69, 9.17) is 0 Å². The molecule has 0 bridgehead atoms. The van der Waals surface area contributed by atoms with Gasteiger partial charge in [0.1, 0.15) is 0 Å². The molecule has 0 radical (unpaired) electrons. The lowest BCUT2D eigenvalue weighted by molar-refractivity contribution is 0.561. The molecule has 18 heavy (non-hydrogen) atoms. The molecule has 0 spiro atoms. The molecular weight excluding hydrogens is 224 g/mol. The number of aryl methyl sites for hydroxylation is 2. The van der Waals surface area contributed by atoms with Crippen molar-refractivity contribution in [3.05, 3.63) is 33.2 Å². The number of rotatable bonds is 6. The highest BCUT2D eigenvalue weighted by atomic mass is 16.1. The Bertz CT molecular complexity index is 447. The van der Waals surface area contributed by atoms with Crippen molar-refractivity contribution in [3.8, 4) is 0 Å². The van der Waals surface area contributed by atoms with Gasteiger partial charge in [0.2, 0.25) is 0 Å². The van der Waals surface area contributed by atoms with E-state index in [1.807, 2.05) is 18.4 Å². The molecule has 0 atom stereocenters. The van der Waals surface area contributed by atoms with Crippen molar-refractivity contribution in [3.63, 3.8) is 0 Å². The van der Waals surface area contributed by atoms with Gasteiger partial charge in [0, 0.05) is 30.4 Å². The average Bonchev–Trinajstić information content (AvgIpc) is 2.27. The number of unbranched alkanes of at least 4 members (excludes halogenated alkanes) is 1. The second-order valence-electron chi connectivity index (χ2n) is 5.29. The van der Waals surface area contributed by atoms with E-state index < -0.39 is 0 Å². The molecule has 0 aliphatic rings. The molecule has 0 aliphatic heterocycles. The largest absolute Gasteiger partial charge is 0.313 e. The number of pyridine rings is 1. The summed E-state index contributed by atoms with van der Waals surface area (Å²) in [5.41, 5.74) is 3.25. The highest BCUT2D eigenvalue weighted by molar-refractivity contribution is 5.26. The van der Waals surface area contributed by atoms with Gasteiger partial charge in [-0.2, -0.15) is 0 Å². The standard InChI is InChI=1S/C15H26N2O/c1-6-7-8-17-13(5)9-12(4)14(15(17)18)10-16-11(2)3/h9,11,16H,6-8,10H2,1-5H3. The Morgan fingerprint density at radius 1 is 1.33 bits per heavy atom. The van der Waals surface area contributed by atoms with Crippen molar-refractivity contribution >= 4 is 0 Å². The van der Waals surface area contributed by atoms with Gasteiger partial charge in [0.05, 0.1) is 0 Å². The smallest absolute Gasteiger partial charge is 0.255 e. The van der Waals surface area contributed by atoms with Crippen LogP contribution in [0, 0.1) is 13.8 Å². The predicted molar refractivity (Wildman–Crippen MR) is 77.1 cm³/mol. The third-order valence-corrected chi connectivity index (χ3v) is 3.25. The van der Waals surface area contributed by atoms with Crippen LogP contribution in [0.25, 0.3) is 0 Å². The molecule has 1 heterocycles. The summed E-state index contributed by atoms with van der Waals surface area (Å²) >= 11 is 0. The molecule has 3 nitrogen and oxygen atoms in total. The van der Waals surface area contributed by atoms with Crippen LogP contribution >= 0.6 is 0 Å². The molecule has 0 saturated carbocycles. The zero-order chi connectivity index (χ0) is 13.7. The van der Waals surface area contributed by atoms with Crippen LogP contribution in [0.1, 0.15) is 50.4 Å². The van der Waals surface area contributed by atoms with Crippen molar-refractivity contribution in [1.82, 2.24) is 9.88 Å². The maximum Gasteiger partial charge on any atom is 0.255 e. The van der Waals surface area contributed by atoms with E-state index >= 15 is 0 Å². The Hall–Kier alpha value is -1.09. The Labute approximate surface area is 110 Å². The topological polar surface area (TPSA) is 34.0 Å². The van der Waals surface area contributed by atoms with E-state index in [0.29, 0.717) is 12.6 Å². The van der Waals surface area contributed by atoms with Gasteiger partial charge in [-0.1, -0.05) is 27.2 Å². The molecule has 1 N–H and O–H groups in total. The summed E-state index contributed by atoms with van der Waals surface area (Å²) in [6, 6.07) is 2.52. The van der Waals surface area contributed by atoms with Crippen molar-refractivity contribution < 1.29 is 0 Å².